The van der Waals surface area contributed by atoms with Crippen LogP contribution in [0.3, 0.4) is 0 Å². The lowest BCUT2D eigenvalue weighted by molar-refractivity contribution is 0.601. The lowest BCUT2D eigenvalue weighted by Gasteiger charge is -2.04. The Kier molecular flexibility index (Phi) is 2.70. The van der Waals surface area contributed by atoms with Gasteiger partial charge in [0, 0.05) is 17.8 Å². The first kappa shape index (κ1) is 10.1. The topological polar surface area (TPSA) is 59.1 Å². The second kappa shape index (κ2) is 4.00. The van der Waals surface area contributed by atoms with Crippen molar-refractivity contribution in [2.24, 2.45) is 0 Å². The quantitative estimate of drug-likeness (QED) is 0.892. The van der Waals surface area contributed by atoms with E-state index in [9.17, 15) is 8.42 Å². The lowest BCUT2D eigenvalue weighted by atomic mass is 10.5. The first-order valence-corrected chi connectivity index (χ1v) is 6.56. The first-order chi connectivity index (χ1) is 7.18. The molecule has 2 aromatic heterocycles. The van der Waals surface area contributed by atoms with E-state index in [4.69, 9.17) is 0 Å². The highest BCUT2D eigenvalue weighted by molar-refractivity contribution is 7.92. The summed E-state index contributed by atoms with van der Waals surface area (Å²) in [5, 5.41) is 3.54. The third-order valence-electron chi connectivity index (χ3n) is 1.73. The molecule has 2 heterocycles. The van der Waals surface area contributed by atoms with E-state index in [0.717, 1.165) is 0 Å². The molecule has 15 heavy (non-hydrogen) atoms. The van der Waals surface area contributed by atoms with Crippen LogP contribution < -0.4 is 4.72 Å². The van der Waals surface area contributed by atoms with Gasteiger partial charge in [0.15, 0.2) is 0 Å². The molecule has 2 rings (SSSR count). The minimum absolute atomic E-state index is 0.212. The van der Waals surface area contributed by atoms with Gasteiger partial charge in [0.1, 0.15) is 0 Å². The number of rotatable bonds is 3. The molecule has 0 saturated carbocycles. The van der Waals surface area contributed by atoms with Gasteiger partial charge >= 0.3 is 0 Å². The normalized spacial score (nSPS) is 11.2. The molecule has 0 amide bonds. The van der Waals surface area contributed by atoms with Crippen LogP contribution in [0.2, 0.25) is 0 Å². The summed E-state index contributed by atoms with van der Waals surface area (Å²) in [5.74, 6) is 0. The summed E-state index contributed by atoms with van der Waals surface area (Å²) >= 11 is 1.44. The molecule has 0 bridgehead atoms. The Balaban J connectivity index is 2.29. The molecule has 0 atom stereocenters. The minimum Gasteiger partial charge on any atom is -0.279 e. The van der Waals surface area contributed by atoms with Crippen LogP contribution >= 0.6 is 11.3 Å². The molecule has 0 saturated heterocycles. The van der Waals surface area contributed by atoms with Crippen LogP contribution in [-0.4, -0.2) is 13.4 Å². The smallest absolute Gasteiger partial charge is 0.262 e. The summed E-state index contributed by atoms with van der Waals surface area (Å²) in [6.45, 7) is 0. The van der Waals surface area contributed by atoms with Crippen LogP contribution in [0.5, 0.6) is 0 Å². The number of hydrogen-bond donors (Lipinski definition) is 1. The number of pyridine rings is 1. The van der Waals surface area contributed by atoms with Gasteiger partial charge in [0.2, 0.25) is 0 Å². The zero-order valence-electron chi connectivity index (χ0n) is 7.62. The van der Waals surface area contributed by atoms with Gasteiger partial charge in [-0.1, -0.05) is 0 Å². The van der Waals surface area contributed by atoms with Gasteiger partial charge in [-0.05, 0) is 23.6 Å². The highest BCUT2D eigenvalue weighted by atomic mass is 32.2. The van der Waals surface area contributed by atoms with Crippen LogP contribution in [0.4, 0.5) is 5.69 Å². The van der Waals surface area contributed by atoms with E-state index in [-0.39, 0.29) is 4.90 Å². The fourth-order valence-electron chi connectivity index (χ4n) is 1.05. The van der Waals surface area contributed by atoms with Crippen molar-refractivity contribution >= 4 is 27.0 Å². The molecule has 1 N–H and O–H groups in total. The Hall–Kier alpha value is -1.40. The van der Waals surface area contributed by atoms with Crippen molar-refractivity contribution in [3.8, 4) is 0 Å². The van der Waals surface area contributed by atoms with Crippen LogP contribution in [0.25, 0.3) is 0 Å². The Labute approximate surface area is 91.7 Å². The molecule has 2 aromatic rings. The SMILES string of the molecule is O=S(=O)(Nc1ccsc1)c1ccncc1. The zero-order valence-corrected chi connectivity index (χ0v) is 9.25. The summed E-state index contributed by atoms with van der Waals surface area (Å²) in [7, 11) is -3.47. The number of thiophene rings is 1. The van der Waals surface area contributed by atoms with E-state index >= 15 is 0 Å². The molecule has 0 aliphatic carbocycles. The van der Waals surface area contributed by atoms with Crippen molar-refractivity contribution in [3.05, 3.63) is 41.4 Å². The van der Waals surface area contributed by atoms with Crippen molar-refractivity contribution in [1.29, 1.82) is 0 Å². The van der Waals surface area contributed by atoms with Gasteiger partial charge in [0.05, 0.1) is 10.6 Å². The molecule has 0 fully saturated rings. The van der Waals surface area contributed by atoms with Crippen molar-refractivity contribution in [1.82, 2.24) is 4.98 Å². The largest absolute Gasteiger partial charge is 0.279 e. The van der Waals surface area contributed by atoms with Gasteiger partial charge in [-0.25, -0.2) is 8.42 Å². The standard InChI is InChI=1S/C9H8N2O2S2/c12-15(13,9-1-4-10-5-2-9)11-8-3-6-14-7-8/h1-7,11H. The Morgan fingerprint density at radius 3 is 2.53 bits per heavy atom. The van der Waals surface area contributed by atoms with E-state index in [2.05, 4.69) is 9.71 Å². The van der Waals surface area contributed by atoms with Crippen molar-refractivity contribution in [2.75, 3.05) is 4.72 Å². The molecule has 4 nitrogen and oxygen atoms in total. The molecule has 0 aromatic carbocycles. The first-order valence-electron chi connectivity index (χ1n) is 4.13. The van der Waals surface area contributed by atoms with E-state index in [0.29, 0.717) is 5.69 Å². The predicted molar refractivity (Wildman–Crippen MR) is 59.4 cm³/mol. The highest BCUT2D eigenvalue weighted by Crippen LogP contribution is 2.17. The summed E-state index contributed by atoms with van der Waals surface area (Å²) in [5.41, 5.74) is 0.580. The summed E-state index contributed by atoms with van der Waals surface area (Å²) in [6.07, 6.45) is 2.89. The number of aromatic nitrogens is 1. The van der Waals surface area contributed by atoms with Crippen LogP contribution in [0.15, 0.2) is 46.2 Å². The number of hydrogen-bond acceptors (Lipinski definition) is 4. The average molecular weight is 240 g/mol. The number of nitrogens with one attached hydrogen (secondary N) is 1. The monoisotopic (exact) mass is 240 g/mol. The van der Waals surface area contributed by atoms with Crippen LogP contribution in [0, 0.1) is 0 Å². The molecular weight excluding hydrogens is 232 g/mol. The van der Waals surface area contributed by atoms with Gasteiger partial charge in [-0.2, -0.15) is 11.3 Å². The van der Waals surface area contributed by atoms with Crippen molar-refractivity contribution in [2.45, 2.75) is 4.90 Å². The van der Waals surface area contributed by atoms with Gasteiger partial charge < -0.3 is 0 Å². The average Bonchev–Trinajstić information content (AvgIpc) is 2.71. The number of sulfonamides is 1. The van der Waals surface area contributed by atoms with Crippen molar-refractivity contribution < 1.29 is 8.42 Å². The fraction of sp³-hybridized carbons (Fsp3) is 0. The van der Waals surface area contributed by atoms with Crippen LogP contribution in [-0.2, 0) is 10.0 Å². The summed E-state index contributed by atoms with van der Waals surface area (Å²) in [4.78, 5) is 3.98. The molecule has 78 valence electrons. The maximum Gasteiger partial charge on any atom is 0.262 e. The van der Waals surface area contributed by atoms with Gasteiger partial charge in [-0.15, -0.1) is 0 Å². The summed E-state index contributed by atoms with van der Waals surface area (Å²) in [6, 6.07) is 4.62. The molecule has 6 heteroatoms. The fourth-order valence-corrected chi connectivity index (χ4v) is 2.75. The number of nitrogens with zero attached hydrogens (tertiary/aromatic N) is 1. The Morgan fingerprint density at radius 1 is 1.20 bits per heavy atom. The second-order valence-corrected chi connectivity index (χ2v) is 5.26. The third-order valence-corrected chi connectivity index (χ3v) is 3.81. The number of anilines is 1. The third kappa shape index (κ3) is 2.34. The molecular formula is C9H8N2O2S2. The van der Waals surface area contributed by atoms with E-state index < -0.39 is 10.0 Å². The molecule has 0 aliphatic rings. The Morgan fingerprint density at radius 2 is 1.93 bits per heavy atom. The van der Waals surface area contributed by atoms with E-state index in [1.165, 1.54) is 35.9 Å². The minimum atomic E-state index is -3.47. The maximum absolute atomic E-state index is 11.8. The molecule has 0 radical (unpaired) electrons. The Bertz CT molecular complexity index is 521. The van der Waals surface area contributed by atoms with Gasteiger partial charge in [0.25, 0.3) is 10.0 Å². The molecule has 0 aliphatic heterocycles. The van der Waals surface area contributed by atoms with E-state index in [1.54, 1.807) is 11.4 Å². The lowest BCUT2D eigenvalue weighted by Crippen LogP contribution is -2.12. The van der Waals surface area contributed by atoms with Gasteiger partial charge in [-0.3, -0.25) is 9.71 Å². The molecule has 0 spiro atoms. The second-order valence-electron chi connectivity index (χ2n) is 2.80. The predicted octanol–water partition coefficient (Wildman–Crippen LogP) is 1.94. The highest BCUT2D eigenvalue weighted by Gasteiger charge is 2.13. The van der Waals surface area contributed by atoms with E-state index in [1.807, 2.05) is 5.38 Å². The molecule has 0 unspecified atom stereocenters. The maximum atomic E-state index is 11.8. The van der Waals surface area contributed by atoms with Crippen molar-refractivity contribution in [3.63, 3.8) is 0 Å². The van der Waals surface area contributed by atoms with Crippen LogP contribution in [0.1, 0.15) is 0 Å². The summed E-state index contributed by atoms with van der Waals surface area (Å²) < 4.78 is 26.0. The zero-order chi connectivity index (χ0) is 10.7.